The highest BCUT2D eigenvalue weighted by Gasteiger charge is 2.39. The number of nitrogens with one attached hydrogen (secondary N) is 2. The van der Waals surface area contributed by atoms with Gasteiger partial charge in [0.05, 0.1) is 12.5 Å². The second-order valence-electron chi connectivity index (χ2n) is 9.18. The van der Waals surface area contributed by atoms with Crippen molar-refractivity contribution in [3.63, 3.8) is 0 Å². The van der Waals surface area contributed by atoms with Crippen LogP contribution in [0, 0.1) is 5.92 Å². The molecule has 1 aliphatic heterocycles. The van der Waals surface area contributed by atoms with E-state index in [1.807, 2.05) is 18.2 Å². The zero-order valence-electron chi connectivity index (χ0n) is 20.8. The van der Waals surface area contributed by atoms with Crippen molar-refractivity contribution in [1.82, 2.24) is 15.5 Å². The molecule has 0 spiro atoms. The molecule has 10 heteroatoms. The van der Waals surface area contributed by atoms with Crippen LogP contribution in [0.4, 0.5) is 0 Å². The number of hydrogen-bond acceptors (Lipinski definition) is 6. The van der Waals surface area contributed by atoms with E-state index in [0.717, 1.165) is 0 Å². The van der Waals surface area contributed by atoms with E-state index in [2.05, 4.69) is 10.6 Å². The molecule has 1 aliphatic rings. The number of carbonyl (C=O) groups is 5. The van der Waals surface area contributed by atoms with Crippen LogP contribution < -0.4 is 15.4 Å². The monoisotopic (exact) mass is 509 g/mol. The van der Waals surface area contributed by atoms with Crippen molar-refractivity contribution in [2.45, 2.75) is 51.2 Å². The van der Waals surface area contributed by atoms with Gasteiger partial charge in [-0.05, 0) is 49.1 Å². The van der Waals surface area contributed by atoms with E-state index in [4.69, 9.17) is 9.84 Å². The first-order valence-electron chi connectivity index (χ1n) is 12.1. The fourth-order valence-corrected chi connectivity index (χ4v) is 4.15. The number of carbonyl (C=O) groups excluding carboxylic acids is 4. The Bertz CT molecular complexity index is 1140. The number of aldehydes is 1. The highest BCUT2D eigenvalue weighted by Crippen LogP contribution is 2.23. The summed E-state index contributed by atoms with van der Waals surface area (Å²) in [6.45, 7) is 3.89. The maximum absolute atomic E-state index is 13.5. The van der Waals surface area contributed by atoms with E-state index >= 15 is 0 Å². The molecular formula is C27H31N3O7. The Kier molecular flexibility index (Phi) is 9.37. The van der Waals surface area contributed by atoms with Crippen molar-refractivity contribution >= 4 is 30.0 Å². The molecule has 0 aromatic heterocycles. The number of carboxylic acids is 1. The quantitative estimate of drug-likeness (QED) is 0.395. The summed E-state index contributed by atoms with van der Waals surface area (Å²) < 4.78 is 5.79. The summed E-state index contributed by atoms with van der Waals surface area (Å²) in [5, 5.41) is 14.1. The SMILES string of the molecule is CC(C)C(NC(=O)c1cccc(Oc2ccccc2)c1)C(=O)N1CCCC1C(=O)NC(C=O)CC(=O)O. The van der Waals surface area contributed by atoms with Gasteiger partial charge in [-0.25, -0.2) is 0 Å². The minimum atomic E-state index is -1.22. The van der Waals surface area contributed by atoms with Gasteiger partial charge < -0.3 is 30.2 Å². The predicted octanol–water partition coefficient (Wildman–Crippen LogP) is 2.38. The van der Waals surface area contributed by atoms with Gasteiger partial charge in [0.1, 0.15) is 29.9 Å². The first-order chi connectivity index (χ1) is 17.7. The normalized spacial score (nSPS) is 16.5. The maximum Gasteiger partial charge on any atom is 0.305 e. The van der Waals surface area contributed by atoms with Crippen LogP contribution in [-0.4, -0.2) is 64.7 Å². The van der Waals surface area contributed by atoms with Gasteiger partial charge in [0.25, 0.3) is 5.91 Å². The van der Waals surface area contributed by atoms with Crippen molar-refractivity contribution < 1.29 is 33.8 Å². The molecule has 196 valence electrons. The van der Waals surface area contributed by atoms with Crippen LogP contribution >= 0.6 is 0 Å². The van der Waals surface area contributed by atoms with Gasteiger partial charge >= 0.3 is 5.97 Å². The number of amides is 3. The number of rotatable bonds is 11. The molecule has 1 saturated heterocycles. The van der Waals surface area contributed by atoms with Gasteiger partial charge in [0, 0.05) is 12.1 Å². The first-order valence-corrected chi connectivity index (χ1v) is 12.1. The third-order valence-corrected chi connectivity index (χ3v) is 6.02. The van der Waals surface area contributed by atoms with Gasteiger partial charge in [0.15, 0.2) is 0 Å². The Hall–Kier alpha value is -4.21. The van der Waals surface area contributed by atoms with E-state index < -0.39 is 48.2 Å². The zero-order chi connectivity index (χ0) is 26.9. The lowest BCUT2D eigenvalue weighted by atomic mass is 10.0. The van der Waals surface area contributed by atoms with Gasteiger partial charge in [-0.2, -0.15) is 0 Å². The van der Waals surface area contributed by atoms with Crippen molar-refractivity contribution in [3.05, 3.63) is 60.2 Å². The summed E-state index contributed by atoms with van der Waals surface area (Å²) in [5.74, 6) is -1.89. The van der Waals surface area contributed by atoms with Gasteiger partial charge in [0.2, 0.25) is 11.8 Å². The number of nitrogens with zero attached hydrogens (tertiary/aromatic N) is 1. The number of para-hydroxylation sites is 1. The molecule has 0 saturated carbocycles. The molecule has 0 aliphatic carbocycles. The average Bonchev–Trinajstić information content (AvgIpc) is 3.37. The number of benzene rings is 2. The van der Waals surface area contributed by atoms with Crippen molar-refractivity contribution in [3.8, 4) is 11.5 Å². The Labute approximate surface area is 215 Å². The second kappa shape index (κ2) is 12.7. The molecule has 0 radical (unpaired) electrons. The molecule has 1 heterocycles. The van der Waals surface area contributed by atoms with Crippen LogP contribution in [0.3, 0.4) is 0 Å². The molecule has 1 fully saturated rings. The summed E-state index contributed by atoms with van der Waals surface area (Å²) in [4.78, 5) is 62.8. The minimum Gasteiger partial charge on any atom is -0.481 e. The van der Waals surface area contributed by atoms with Crippen LogP contribution in [0.5, 0.6) is 11.5 Å². The van der Waals surface area contributed by atoms with Gasteiger partial charge in [-0.3, -0.25) is 19.2 Å². The Morgan fingerprint density at radius 2 is 1.76 bits per heavy atom. The lowest BCUT2D eigenvalue weighted by Crippen LogP contribution is -2.56. The second-order valence-corrected chi connectivity index (χ2v) is 9.18. The Morgan fingerprint density at radius 3 is 2.41 bits per heavy atom. The predicted molar refractivity (Wildman–Crippen MR) is 134 cm³/mol. The number of hydrogen-bond donors (Lipinski definition) is 3. The van der Waals surface area contributed by atoms with Gasteiger partial charge in [-0.1, -0.05) is 38.1 Å². The standard InChI is InChI=1S/C27H31N3O7/c1-17(2)24(27(36)30-13-7-12-22(30)26(35)28-19(16-31)15-23(32)33)29-25(34)18-8-6-11-21(14-18)37-20-9-4-3-5-10-20/h3-6,8-11,14,16-17,19,22,24H,7,12-13,15H2,1-2H3,(H,28,35)(H,29,34)(H,32,33). The summed E-state index contributed by atoms with van der Waals surface area (Å²) in [7, 11) is 0. The number of ether oxygens (including phenoxy) is 1. The average molecular weight is 510 g/mol. The summed E-state index contributed by atoms with van der Waals surface area (Å²) in [6.07, 6.45) is 0.744. The molecule has 2 aromatic rings. The molecule has 37 heavy (non-hydrogen) atoms. The molecular weight excluding hydrogens is 478 g/mol. The Balaban J connectivity index is 1.70. The van der Waals surface area contributed by atoms with E-state index in [-0.39, 0.29) is 5.92 Å². The number of likely N-dealkylation sites (tertiary alicyclic amines) is 1. The summed E-state index contributed by atoms with van der Waals surface area (Å²) in [5.41, 5.74) is 0.310. The van der Waals surface area contributed by atoms with Crippen LogP contribution in [0.15, 0.2) is 54.6 Å². The topological polar surface area (TPSA) is 142 Å². The summed E-state index contributed by atoms with van der Waals surface area (Å²) in [6, 6.07) is 12.8. The van der Waals surface area contributed by atoms with Crippen LogP contribution in [-0.2, 0) is 19.2 Å². The highest BCUT2D eigenvalue weighted by molar-refractivity contribution is 5.99. The molecule has 0 bridgehead atoms. The van der Waals surface area contributed by atoms with E-state index in [1.165, 1.54) is 4.90 Å². The van der Waals surface area contributed by atoms with Crippen LogP contribution in [0.25, 0.3) is 0 Å². The summed E-state index contributed by atoms with van der Waals surface area (Å²) >= 11 is 0. The first kappa shape index (κ1) is 27.4. The van der Waals surface area contributed by atoms with E-state index in [9.17, 15) is 24.0 Å². The molecule has 3 amide bonds. The largest absolute Gasteiger partial charge is 0.481 e. The minimum absolute atomic E-state index is 0.278. The fourth-order valence-electron chi connectivity index (χ4n) is 4.15. The molecule has 3 atom stereocenters. The molecule has 10 nitrogen and oxygen atoms in total. The lowest BCUT2D eigenvalue weighted by Gasteiger charge is -2.31. The Morgan fingerprint density at radius 1 is 1.05 bits per heavy atom. The third kappa shape index (κ3) is 7.39. The van der Waals surface area contributed by atoms with Crippen LogP contribution in [0.1, 0.15) is 43.5 Å². The number of aliphatic carboxylic acids is 1. The third-order valence-electron chi connectivity index (χ3n) is 6.02. The van der Waals surface area contributed by atoms with Crippen molar-refractivity contribution in [2.24, 2.45) is 5.92 Å². The maximum atomic E-state index is 13.5. The smallest absolute Gasteiger partial charge is 0.305 e. The molecule has 3 N–H and O–H groups in total. The zero-order valence-corrected chi connectivity index (χ0v) is 20.8. The number of carboxylic acid groups (broad SMARTS) is 1. The van der Waals surface area contributed by atoms with Gasteiger partial charge in [-0.15, -0.1) is 0 Å². The fraction of sp³-hybridized carbons (Fsp3) is 0.370. The molecule has 2 aromatic carbocycles. The molecule has 3 rings (SSSR count). The van der Waals surface area contributed by atoms with E-state index in [0.29, 0.717) is 42.7 Å². The molecule has 3 unspecified atom stereocenters. The van der Waals surface area contributed by atoms with Crippen molar-refractivity contribution in [1.29, 1.82) is 0 Å². The van der Waals surface area contributed by atoms with Crippen LogP contribution in [0.2, 0.25) is 0 Å². The lowest BCUT2D eigenvalue weighted by molar-refractivity contribution is -0.142. The van der Waals surface area contributed by atoms with E-state index in [1.54, 1.807) is 50.2 Å². The highest BCUT2D eigenvalue weighted by atomic mass is 16.5. The van der Waals surface area contributed by atoms with Crippen molar-refractivity contribution in [2.75, 3.05) is 6.54 Å².